The van der Waals surface area contributed by atoms with Crippen LogP contribution in [0.3, 0.4) is 0 Å². The first kappa shape index (κ1) is 11.9. The molecule has 2 nitrogen and oxygen atoms in total. The van der Waals surface area contributed by atoms with Gasteiger partial charge in [0.25, 0.3) is 0 Å². The van der Waals surface area contributed by atoms with E-state index in [1.165, 1.54) is 12.1 Å². The Bertz CT molecular complexity index is 762. The molecule has 0 aliphatic heterocycles. The van der Waals surface area contributed by atoms with Crippen LogP contribution in [0.4, 0.5) is 4.39 Å². The monoisotopic (exact) mass is 273 g/mol. The first-order valence-electron chi connectivity index (χ1n) is 5.71. The molecule has 19 heavy (non-hydrogen) atoms. The highest BCUT2D eigenvalue weighted by Gasteiger charge is 2.10. The normalized spacial score (nSPS) is 10.8. The quantitative estimate of drug-likeness (QED) is 0.640. The third kappa shape index (κ3) is 1.92. The highest BCUT2D eigenvalue weighted by atomic mass is 35.5. The van der Waals surface area contributed by atoms with E-state index in [2.05, 4.69) is 0 Å². The van der Waals surface area contributed by atoms with Crippen molar-refractivity contribution in [2.75, 3.05) is 0 Å². The molecule has 0 saturated carbocycles. The zero-order valence-electron chi connectivity index (χ0n) is 9.81. The molecule has 2 aromatic carbocycles. The van der Waals surface area contributed by atoms with E-state index in [9.17, 15) is 9.18 Å². The van der Waals surface area contributed by atoms with E-state index in [-0.39, 0.29) is 5.82 Å². The van der Waals surface area contributed by atoms with Crippen molar-refractivity contribution in [1.29, 1.82) is 0 Å². The molecular weight excluding hydrogens is 265 g/mol. The summed E-state index contributed by atoms with van der Waals surface area (Å²) < 4.78 is 14.8. The van der Waals surface area contributed by atoms with E-state index in [1.54, 1.807) is 18.2 Å². The van der Waals surface area contributed by atoms with Crippen LogP contribution in [0.1, 0.15) is 10.4 Å². The van der Waals surface area contributed by atoms with Gasteiger partial charge in [0.2, 0.25) is 0 Å². The topological polar surface area (TPSA) is 22.0 Å². The number of hydrogen-bond donors (Lipinski definition) is 0. The molecule has 4 heteroatoms. The van der Waals surface area contributed by atoms with Gasteiger partial charge in [0, 0.05) is 22.8 Å². The molecule has 0 radical (unpaired) electrons. The summed E-state index contributed by atoms with van der Waals surface area (Å²) in [6, 6.07) is 11.5. The molecule has 1 aromatic heterocycles. The first-order valence-corrected chi connectivity index (χ1v) is 6.09. The van der Waals surface area contributed by atoms with Gasteiger partial charge in [-0.1, -0.05) is 17.7 Å². The van der Waals surface area contributed by atoms with Crippen LogP contribution in [0.15, 0.2) is 48.7 Å². The predicted octanol–water partition coefficient (Wildman–Crippen LogP) is 4.24. The number of aldehydes is 1. The second kappa shape index (κ2) is 4.52. The van der Waals surface area contributed by atoms with Crippen molar-refractivity contribution in [1.82, 2.24) is 4.57 Å². The van der Waals surface area contributed by atoms with E-state index >= 15 is 0 Å². The lowest BCUT2D eigenvalue weighted by molar-refractivity contribution is 0.112. The van der Waals surface area contributed by atoms with Crippen LogP contribution in [0.25, 0.3) is 16.6 Å². The molecule has 0 spiro atoms. The fourth-order valence-corrected chi connectivity index (χ4v) is 2.42. The Kier molecular flexibility index (Phi) is 2.84. The maximum atomic E-state index is 13.0. The van der Waals surface area contributed by atoms with Crippen LogP contribution < -0.4 is 0 Å². The van der Waals surface area contributed by atoms with Gasteiger partial charge in [-0.05, 0) is 36.4 Å². The Morgan fingerprint density at radius 1 is 1.05 bits per heavy atom. The zero-order valence-corrected chi connectivity index (χ0v) is 10.6. The number of hydrogen-bond acceptors (Lipinski definition) is 1. The molecule has 0 unspecified atom stereocenters. The Labute approximate surface area is 114 Å². The third-order valence-corrected chi connectivity index (χ3v) is 3.45. The van der Waals surface area contributed by atoms with Crippen LogP contribution >= 0.6 is 11.6 Å². The number of carbonyl (C=O) groups excluding carboxylic acids is 1. The Balaban J connectivity index is 2.30. The molecule has 94 valence electrons. The van der Waals surface area contributed by atoms with Gasteiger partial charge >= 0.3 is 0 Å². The summed E-state index contributed by atoms with van der Waals surface area (Å²) in [6.45, 7) is 0. The Morgan fingerprint density at radius 2 is 1.79 bits per heavy atom. The molecule has 3 aromatic rings. The summed E-state index contributed by atoms with van der Waals surface area (Å²) in [5.41, 5.74) is 1.98. The predicted molar refractivity (Wildman–Crippen MR) is 73.6 cm³/mol. The van der Waals surface area contributed by atoms with E-state index in [0.29, 0.717) is 10.6 Å². The van der Waals surface area contributed by atoms with E-state index in [0.717, 1.165) is 22.9 Å². The van der Waals surface area contributed by atoms with E-state index < -0.39 is 0 Å². The van der Waals surface area contributed by atoms with Crippen molar-refractivity contribution in [3.63, 3.8) is 0 Å². The molecular formula is C15H9ClFNO. The van der Waals surface area contributed by atoms with Gasteiger partial charge in [-0.25, -0.2) is 4.39 Å². The molecule has 1 heterocycles. The number of fused-ring (bicyclic) bond motifs is 1. The molecule has 0 aliphatic rings. The highest BCUT2D eigenvalue weighted by molar-refractivity contribution is 6.37. The minimum absolute atomic E-state index is 0.292. The smallest absolute Gasteiger partial charge is 0.151 e. The molecule has 0 saturated heterocycles. The van der Waals surface area contributed by atoms with Gasteiger partial charge in [0.1, 0.15) is 5.82 Å². The maximum absolute atomic E-state index is 13.0. The molecule has 0 N–H and O–H groups in total. The van der Waals surface area contributed by atoms with Gasteiger partial charge in [0.15, 0.2) is 6.29 Å². The summed E-state index contributed by atoms with van der Waals surface area (Å²) in [5.74, 6) is -0.292. The van der Waals surface area contributed by atoms with Gasteiger partial charge in [0.05, 0.1) is 10.5 Å². The standard InChI is InChI=1S/C15H9ClFNO/c16-14-11(9-19)2-1-10-7-8-18(15(10)14)13-5-3-12(17)4-6-13/h1-9H. The Hall–Kier alpha value is -2.13. The lowest BCUT2D eigenvalue weighted by Crippen LogP contribution is -1.94. The highest BCUT2D eigenvalue weighted by Crippen LogP contribution is 2.29. The van der Waals surface area contributed by atoms with Crippen LogP contribution in [0.2, 0.25) is 5.02 Å². The number of benzene rings is 2. The maximum Gasteiger partial charge on any atom is 0.151 e. The second-order valence-corrected chi connectivity index (χ2v) is 4.56. The molecule has 0 fully saturated rings. The molecule has 3 rings (SSSR count). The minimum atomic E-state index is -0.292. The van der Waals surface area contributed by atoms with Crippen molar-refractivity contribution in [2.45, 2.75) is 0 Å². The largest absolute Gasteiger partial charge is 0.315 e. The van der Waals surface area contributed by atoms with Gasteiger partial charge < -0.3 is 4.57 Å². The summed E-state index contributed by atoms with van der Waals surface area (Å²) >= 11 is 6.24. The summed E-state index contributed by atoms with van der Waals surface area (Å²) in [5, 5.41) is 1.33. The summed E-state index contributed by atoms with van der Waals surface area (Å²) in [7, 11) is 0. The van der Waals surface area contributed by atoms with Gasteiger partial charge in [-0.2, -0.15) is 0 Å². The molecule has 0 atom stereocenters. The molecule has 0 amide bonds. The van der Waals surface area contributed by atoms with E-state index in [1.807, 2.05) is 22.9 Å². The Morgan fingerprint density at radius 3 is 2.47 bits per heavy atom. The first-order chi connectivity index (χ1) is 9.20. The van der Waals surface area contributed by atoms with Crippen LogP contribution in [0.5, 0.6) is 0 Å². The second-order valence-electron chi connectivity index (χ2n) is 4.19. The zero-order chi connectivity index (χ0) is 13.4. The average molecular weight is 274 g/mol. The number of carbonyl (C=O) groups is 1. The van der Waals surface area contributed by atoms with E-state index in [4.69, 9.17) is 11.6 Å². The summed E-state index contributed by atoms with van der Waals surface area (Å²) in [4.78, 5) is 10.9. The molecule has 0 bridgehead atoms. The number of halogens is 2. The number of nitrogens with zero attached hydrogens (tertiary/aromatic N) is 1. The lowest BCUT2D eigenvalue weighted by Gasteiger charge is -2.07. The minimum Gasteiger partial charge on any atom is -0.315 e. The van der Waals surface area contributed by atoms with Crippen LogP contribution in [-0.4, -0.2) is 10.9 Å². The van der Waals surface area contributed by atoms with Gasteiger partial charge in [-0.3, -0.25) is 4.79 Å². The SMILES string of the molecule is O=Cc1ccc2ccn(-c3ccc(F)cc3)c2c1Cl. The third-order valence-electron chi connectivity index (χ3n) is 3.05. The average Bonchev–Trinajstić information content (AvgIpc) is 2.85. The van der Waals surface area contributed by atoms with Crippen molar-refractivity contribution in [3.05, 3.63) is 65.1 Å². The molecule has 0 aliphatic carbocycles. The van der Waals surface area contributed by atoms with Crippen molar-refractivity contribution in [3.8, 4) is 5.69 Å². The van der Waals surface area contributed by atoms with Crippen molar-refractivity contribution in [2.24, 2.45) is 0 Å². The lowest BCUT2D eigenvalue weighted by atomic mass is 10.2. The summed E-state index contributed by atoms with van der Waals surface area (Å²) in [6.07, 6.45) is 2.57. The van der Waals surface area contributed by atoms with Crippen molar-refractivity contribution < 1.29 is 9.18 Å². The van der Waals surface area contributed by atoms with Crippen LogP contribution in [-0.2, 0) is 0 Å². The number of aromatic nitrogens is 1. The van der Waals surface area contributed by atoms with Crippen molar-refractivity contribution >= 4 is 28.8 Å². The van der Waals surface area contributed by atoms with Crippen LogP contribution in [0, 0.1) is 5.82 Å². The van der Waals surface area contributed by atoms with Gasteiger partial charge in [-0.15, -0.1) is 0 Å². The fraction of sp³-hybridized carbons (Fsp3) is 0. The fourth-order valence-electron chi connectivity index (χ4n) is 2.11. The number of rotatable bonds is 2.